The number of benzene rings is 1. The minimum absolute atomic E-state index is 0.520. The van der Waals surface area contributed by atoms with E-state index in [9.17, 15) is 0 Å². The summed E-state index contributed by atoms with van der Waals surface area (Å²) in [7, 11) is 3.57. The highest BCUT2D eigenvalue weighted by Crippen LogP contribution is 2.29. The first-order chi connectivity index (χ1) is 8.02. The lowest BCUT2D eigenvalue weighted by Crippen LogP contribution is -1.94. The quantitative estimate of drug-likeness (QED) is 0.862. The molecule has 4 heteroatoms. The first-order valence-electron chi connectivity index (χ1n) is 5.47. The summed E-state index contributed by atoms with van der Waals surface area (Å²) in [5.74, 6) is 1.45. The molecule has 0 saturated carbocycles. The van der Waals surface area contributed by atoms with E-state index < -0.39 is 0 Å². The molecule has 1 aromatic carbocycles. The number of nitrogen functional groups attached to an aromatic ring is 1. The molecule has 2 N–H and O–H groups in total. The second-order valence-corrected chi connectivity index (χ2v) is 4.24. The third kappa shape index (κ3) is 1.98. The zero-order valence-corrected chi connectivity index (χ0v) is 10.6. The maximum atomic E-state index is 5.74. The molecule has 0 unspecified atom stereocenters. The Hall–Kier alpha value is -1.97. The van der Waals surface area contributed by atoms with Crippen LogP contribution in [0.5, 0.6) is 5.75 Å². The van der Waals surface area contributed by atoms with Crippen molar-refractivity contribution in [1.82, 2.24) is 9.55 Å². The van der Waals surface area contributed by atoms with Crippen molar-refractivity contribution in [3.63, 3.8) is 0 Å². The van der Waals surface area contributed by atoms with Crippen LogP contribution in [-0.2, 0) is 7.05 Å². The van der Waals surface area contributed by atoms with Gasteiger partial charge < -0.3 is 15.0 Å². The molecule has 1 aromatic heterocycles. The Balaban J connectivity index is 2.54. The summed E-state index contributed by atoms with van der Waals surface area (Å²) >= 11 is 0. The normalized spacial score (nSPS) is 10.6. The average molecular weight is 231 g/mol. The molecular weight excluding hydrogens is 214 g/mol. The Kier molecular flexibility index (Phi) is 2.79. The molecule has 0 aliphatic heterocycles. The molecule has 0 fully saturated rings. The van der Waals surface area contributed by atoms with Gasteiger partial charge in [0.2, 0.25) is 0 Å². The highest BCUT2D eigenvalue weighted by Gasteiger charge is 2.09. The molecule has 17 heavy (non-hydrogen) atoms. The van der Waals surface area contributed by atoms with Gasteiger partial charge in [-0.05, 0) is 37.1 Å². The van der Waals surface area contributed by atoms with Gasteiger partial charge in [0.25, 0.3) is 0 Å². The Morgan fingerprint density at radius 2 is 1.82 bits per heavy atom. The number of rotatable bonds is 2. The van der Waals surface area contributed by atoms with Crippen LogP contribution in [0.3, 0.4) is 0 Å². The number of nitrogens with two attached hydrogens (primary N) is 1. The van der Waals surface area contributed by atoms with E-state index in [1.54, 1.807) is 7.11 Å². The fourth-order valence-corrected chi connectivity index (χ4v) is 2.04. The molecule has 0 atom stereocenters. The van der Waals surface area contributed by atoms with Crippen LogP contribution in [0.25, 0.3) is 11.3 Å². The predicted octanol–water partition coefficient (Wildman–Crippen LogP) is 2.29. The van der Waals surface area contributed by atoms with Gasteiger partial charge in [0.15, 0.2) is 5.95 Å². The number of ether oxygens (including phenoxy) is 1. The third-order valence-corrected chi connectivity index (χ3v) is 2.87. The summed E-state index contributed by atoms with van der Waals surface area (Å²) in [6.45, 7) is 4.06. The Morgan fingerprint density at radius 3 is 2.24 bits per heavy atom. The van der Waals surface area contributed by atoms with Crippen molar-refractivity contribution in [3.05, 3.63) is 29.5 Å². The highest BCUT2D eigenvalue weighted by molar-refractivity contribution is 5.65. The van der Waals surface area contributed by atoms with E-state index in [1.165, 1.54) is 0 Å². The number of hydrogen-bond donors (Lipinski definition) is 1. The number of aryl methyl sites for hydroxylation is 3. The molecule has 0 aliphatic rings. The average Bonchev–Trinajstić information content (AvgIpc) is 2.59. The Labute approximate surface area is 101 Å². The van der Waals surface area contributed by atoms with E-state index in [0.717, 1.165) is 28.1 Å². The van der Waals surface area contributed by atoms with Gasteiger partial charge in [0.1, 0.15) is 5.75 Å². The molecule has 1 heterocycles. The summed E-state index contributed by atoms with van der Waals surface area (Å²) in [6.07, 6.45) is 1.93. The van der Waals surface area contributed by atoms with Crippen LogP contribution in [0.1, 0.15) is 11.1 Å². The van der Waals surface area contributed by atoms with E-state index in [1.807, 2.05) is 31.7 Å². The van der Waals surface area contributed by atoms with Crippen LogP contribution in [0.2, 0.25) is 0 Å². The van der Waals surface area contributed by atoms with Crippen molar-refractivity contribution >= 4 is 5.95 Å². The topological polar surface area (TPSA) is 53.1 Å². The molecule has 0 spiro atoms. The standard InChI is InChI=1S/C13H17N3O/c1-8-5-10(6-9(2)12(8)17-4)11-7-16(3)13(14)15-11/h5-7H,1-4H3,(H2,14,15). The summed E-state index contributed by atoms with van der Waals surface area (Å²) in [5.41, 5.74) is 9.90. The van der Waals surface area contributed by atoms with Crippen molar-refractivity contribution in [3.8, 4) is 17.0 Å². The van der Waals surface area contributed by atoms with Crippen molar-refractivity contribution < 1.29 is 4.74 Å². The highest BCUT2D eigenvalue weighted by atomic mass is 16.5. The predicted molar refractivity (Wildman–Crippen MR) is 69.1 cm³/mol. The zero-order chi connectivity index (χ0) is 12.6. The number of hydrogen-bond acceptors (Lipinski definition) is 3. The van der Waals surface area contributed by atoms with Gasteiger partial charge in [-0.3, -0.25) is 0 Å². The molecule has 2 aromatic rings. The summed E-state index contributed by atoms with van der Waals surface area (Å²) in [6, 6.07) is 4.13. The lowest BCUT2D eigenvalue weighted by molar-refractivity contribution is 0.408. The smallest absolute Gasteiger partial charge is 0.200 e. The maximum absolute atomic E-state index is 5.74. The fraction of sp³-hybridized carbons (Fsp3) is 0.308. The molecule has 0 aliphatic carbocycles. The Bertz CT molecular complexity index is 515. The minimum atomic E-state index is 0.520. The van der Waals surface area contributed by atoms with Gasteiger partial charge in [-0.15, -0.1) is 0 Å². The molecule has 0 bridgehead atoms. The van der Waals surface area contributed by atoms with Gasteiger partial charge in [-0.1, -0.05) is 0 Å². The lowest BCUT2D eigenvalue weighted by Gasteiger charge is -2.10. The number of nitrogens with zero attached hydrogens (tertiary/aromatic N) is 2. The first-order valence-corrected chi connectivity index (χ1v) is 5.47. The second kappa shape index (κ2) is 4.13. The number of aromatic nitrogens is 2. The maximum Gasteiger partial charge on any atom is 0.200 e. The van der Waals surface area contributed by atoms with Crippen LogP contribution in [0.4, 0.5) is 5.95 Å². The summed E-state index contributed by atoms with van der Waals surface area (Å²) in [5, 5.41) is 0. The van der Waals surface area contributed by atoms with Crippen molar-refractivity contribution in [2.75, 3.05) is 12.8 Å². The Morgan fingerprint density at radius 1 is 1.24 bits per heavy atom. The van der Waals surface area contributed by atoms with Gasteiger partial charge in [-0.2, -0.15) is 0 Å². The van der Waals surface area contributed by atoms with Crippen molar-refractivity contribution in [1.29, 1.82) is 0 Å². The third-order valence-electron chi connectivity index (χ3n) is 2.87. The van der Waals surface area contributed by atoms with Crippen LogP contribution in [-0.4, -0.2) is 16.7 Å². The molecule has 0 radical (unpaired) electrons. The number of anilines is 1. The molecule has 0 saturated heterocycles. The van der Waals surface area contributed by atoms with E-state index in [0.29, 0.717) is 5.95 Å². The van der Waals surface area contributed by atoms with Gasteiger partial charge >= 0.3 is 0 Å². The van der Waals surface area contributed by atoms with Crippen LogP contribution in [0.15, 0.2) is 18.3 Å². The second-order valence-electron chi connectivity index (χ2n) is 4.24. The van der Waals surface area contributed by atoms with Crippen molar-refractivity contribution in [2.24, 2.45) is 7.05 Å². The van der Waals surface area contributed by atoms with Crippen LogP contribution >= 0.6 is 0 Å². The molecule has 0 amide bonds. The number of methoxy groups -OCH3 is 1. The SMILES string of the molecule is COc1c(C)cc(-c2cn(C)c(N)n2)cc1C. The summed E-state index contributed by atoms with van der Waals surface area (Å²) < 4.78 is 7.15. The molecular formula is C13H17N3O. The van der Waals surface area contributed by atoms with E-state index in [-0.39, 0.29) is 0 Å². The van der Waals surface area contributed by atoms with E-state index >= 15 is 0 Å². The van der Waals surface area contributed by atoms with Gasteiger partial charge in [-0.25, -0.2) is 4.98 Å². The van der Waals surface area contributed by atoms with E-state index in [2.05, 4.69) is 17.1 Å². The molecule has 90 valence electrons. The van der Waals surface area contributed by atoms with E-state index in [4.69, 9.17) is 10.5 Å². The molecule has 4 nitrogen and oxygen atoms in total. The zero-order valence-electron chi connectivity index (χ0n) is 10.6. The number of imidazole rings is 1. The lowest BCUT2D eigenvalue weighted by atomic mass is 10.0. The minimum Gasteiger partial charge on any atom is -0.496 e. The van der Waals surface area contributed by atoms with Gasteiger partial charge in [0.05, 0.1) is 12.8 Å². The molecule has 2 rings (SSSR count). The largest absolute Gasteiger partial charge is 0.496 e. The van der Waals surface area contributed by atoms with Crippen molar-refractivity contribution in [2.45, 2.75) is 13.8 Å². The van der Waals surface area contributed by atoms with Crippen LogP contribution in [0, 0.1) is 13.8 Å². The monoisotopic (exact) mass is 231 g/mol. The van der Waals surface area contributed by atoms with Crippen LogP contribution < -0.4 is 10.5 Å². The first kappa shape index (κ1) is 11.5. The fourth-order valence-electron chi connectivity index (χ4n) is 2.04. The summed E-state index contributed by atoms with van der Waals surface area (Å²) in [4.78, 5) is 4.32. The van der Waals surface area contributed by atoms with Gasteiger partial charge in [0, 0.05) is 18.8 Å².